The number of aryl methyl sites for hydroxylation is 2. The summed E-state index contributed by atoms with van der Waals surface area (Å²) in [5, 5.41) is 4.29. The van der Waals surface area contributed by atoms with E-state index in [-0.39, 0.29) is 12.0 Å². The molecule has 0 aliphatic carbocycles. The second kappa shape index (κ2) is 9.22. The van der Waals surface area contributed by atoms with E-state index in [1.54, 1.807) is 4.68 Å². The monoisotopic (exact) mass is 414 g/mol. The van der Waals surface area contributed by atoms with Gasteiger partial charge in [-0.1, -0.05) is 12.1 Å². The maximum atomic E-state index is 12.8. The highest BCUT2D eigenvalue weighted by atomic mass is 32.2. The molecule has 0 radical (unpaired) electrons. The van der Waals surface area contributed by atoms with Gasteiger partial charge in [0.1, 0.15) is 17.5 Å². The zero-order valence-electron chi connectivity index (χ0n) is 17.3. The van der Waals surface area contributed by atoms with Crippen LogP contribution in [0.3, 0.4) is 0 Å². The minimum absolute atomic E-state index is 0.0632. The third-order valence-electron chi connectivity index (χ3n) is 5.66. The second-order valence-corrected chi connectivity index (χ2v) is 9.16. The SMILES string of the molecule is Cc1cc(C(=O)N2CCC(Oc3cccc(CN4CCSCC4)c3)CC2)n(C)n1. The average molecular weight is 415 g/mol. The molecule has 1 amide bonds. The normalized spacial score (nSPS) is 18.8. The van der Waals surface area contributed by atoms with Crippen LogP contribution in [-0.4, -0.2) is 69.3 Å². The van der Waals surface area contributed by atoms with Gasteiger partial charge in [-0.15, -0.1) is 0 Å². The lowest BCUT2D eigenvalue weighted by Crippen LogP contribution is -2.42. The standard InChI is InChI=1S/C22H30N4O2S/c1-17-14-21(24(2)23-17)22(27)26-8-6-19(7-9-26)28-20-5-3-4-18(15-20)16-25-10-12-29-13-11-25/h3-5,14-15,19H,6-13,16H2,1-2H3. The number of likely N-dealkylation sites (tertiary alicyclic amines) is 1. The van der Waals surface area contributed by atoms with Gasteiger partial charge in [0.25, 0.3) is 5.91 Å². The Morgan fingerprint density at radius 2 is 1.93 bits per heavy atom. The molecule has 0 unspecified atom stereocenters. The van der Waals surface area contributed by atoms with Crippen LogP contribution in [-0.2, 0) is 13.6 Å². The van der Waals surface area contributed by atoms with Crippen molar-refractivity contribution in [1.82, 2.24) is 19.6 Å². The number of carbonyl (C=O) groups is 1. The van der Waals surface area contributed by atoms with Gasteiger partial charge in [-0.3, -0.25) is 14.4 Å². The molecule has 2 fully saturated rings. The molecule has 4 rings (SSSR count). The van der Waals surface area contributed by atoms with Crippen LogP contribution in [0.1, 0.15) is 34.6 Å². The third kappa shape index (κ3) is 5.14. The van der Waals surface area contributed by atoms with E-state index in [9.17, 15) is 4.79 Å². The first kappa shape index (κ1) is 20.3. The Morgan fingerprint density at radius 3 is 2.62 bits per heavy atom. The molecule has 1 aromatic heterocycles. The largest absolute Gasteiger partial charge is 0.490 e. The molecule has 1 aromatic carbocycles. The maximum absolute atomic E-state index is 12.8. The van der Waals surface area contributed by atoms with Crippen molar-refractivity contribution in [2.75, 3.05) is 37.7 Å². The van der Waals surface area contributed by atoms with Crippen LogP contribution >= 0.6 is 11.8 Å². The summed E-state index contributed by atoms with van der Waals surface area (Å²) in [5.41, 5.74) is 2.84. The average Bonchev–Trinajstić information content (AvgIpc) is 3.07. The Labute approximate surface area is 177 Å². The number of aromatic nitrogens is 2. The molecule has 0 bridgehead atoms. The van der Waals surface area contributed by atoms with Crippen LogP contribution in [0.25, 0.3) is 0 Å². The van der Waals surface area contributed by atoms with Gasteiger partial charge in [0.05, 0.1) is 5.69 Å². The predicted molar refractivity (Wildman–Crippen MR) is 117 cm³/mol. The number of benzene rings is 1. The number of hydrogen-bond donors (Lipinski definition) is 0. The molecular weight excluding hydrogens is 384 g/mol. The second-order valence-electron chi connectivity index (χ2n) is 7.94. The van der Waals surface area contributed by atoms with Crippen molar-refractivity contribution in [1.29, 1.82) is 0 Å². The van der Waals surface area contributed by atoms with Gasteiger partial charge in [-0.25, -0.2) is 0 Å². The predicted octanol–water partition coefficient (Wildman–Crippen LogP) is 2.96. The van der Waals surface area contributed by atoms with Crippen LogP contribution in [0.15, 0.2) is 30.3 Å². The molecule has 29 heavy (non-hydrogen) atoms. The summed E-state index contributed by atoms with van der Waals surface area (Å²) < 4.78 is 7.94. The highest BCUT2D eigenvalue weighted by molar-refractivity contribution is 7.99. The summed E-state index contributed by atoms with van der Waals surface area (Å²) in [6, 6.07) is 10.4. The van der Waals surface area contributed by atoms with Crippen molar-refractivity contribution in [3.8, 4) is 5.75 Å². The van der Waals surface area contributed by atoms with Crippen molar-refractivity contribution in [2.24, 2.45) is 7.05 Å². The van der Waals surface area contributed by atoms with E-state index in [0.29, 0.717) is 5.69 Å². The molecule has 0 atom stereocenters. The van der Waals surface area contributed by atoms with Crippen molar-refractivity contribution in [2.45, 2.75) is 32.4 Å². The lowest BCUT2D eigenvalue weighted by Gasteiger charge is -2.32. The molecule has 2 aliphatic rings. The Morgan fingerprint density at radius 1 is 1.17 bits per heavy atom. The number of thioether (sulfide) groups is 1. The fourth-order valence-corrected chi connectivity index (χ4v) is 5.06. The number of nitrogens with zero attached hydrogens (tertiary/aromatic N) is 4. The number of carbonyl (C=O) groups excluding carboxylic acids is 1. The van der Waals surface area contributed by atoms with Gasteiger partial charge < -0.3 is 9.64 Å². The van der Waals surface area contributed by atoms with Gasteiger partial charge in [0.15, 0.2) is 0 Å². The van der Waals surface area contributed by atoms with E-state index in [1.165, 1.54) is 30.2 Å². The van der Waals surface area contributed by atoms with E-state index >= 15 is 0 Å². The summed E-state index contributed by atoms with van der Waals surface area (Å²) in [6.45, 7) is 6.68. The Hall–Kier alpha value is -1.99. The zero-order valence-corrected chi connectivity index (χ0v) is 18.2. The number of ether oxygens (including phenoxy) is 1. The van der Waals surface area contributed by atoms with Crippen LogP contribution in [0, 0.1) is 6.92 Å². The minimum Gasteiger partial charge on any atom is -0.490 e. The number of hydrogen-bond acceptors (Lipinski definition) is 5. The highest BCUT2D eigenvalue weighted by Gasteiger charge is 2.26. The highest BCUT2D eigenvalue weighted by Crippen LogP contribution is 2.22. The lowest BCUT2D eigenvalue weighted by atomic mass is 10.1. The van der Waals surface area contributed by atoms with Crippen LogP contribution < -0.4 is 4.74 Å². The molecule has 156 valence electrons. The molecule has 2 saturated heterocycles. The summed E-state index contributed by atoms with van der Waals surface area (Å²) in [6.07, 6.45) is 1.88. The van der Waals surface area contributed by atoms with Crippen LogP contribution in [0.4, 0.5) is 0 Å². The van der Waals surface area contributed by atoms with E-state index < -0.39 is 0 Å². The Kier molecular flexibility index (Phi) is 6.45. The van der Waals surface area contributed by atoms with Gasteiger partial charge >= 0.3 is 0 Å². The molecular formula is C22H30N4O2S. The van der Waals surface area contributed by atoms with E-state index in [2.05, 4.69) is 28.2 Å². The van der Waals surface area contributed by atoms with Crippen LogP contribution in [0.5, 0.6) is 5.75 Å². The smallest absolute Gasteiger partial charge is 0.272 e. The summed E-state index contributed by atoms with van der Waals surface area (Å²) in [7, 11) is 1.83. The van der Waals surface area contributed by atoms with Crippen LogP contribution in [0.2, 0.25) is 0 Å². The lowest BCUT2D eigenvalue weighted by molar-refractivity contribution is 0.0585. The first-order chi connectivity index (χ1) is 14.1. The molecule has 3 heterocycles. The molecule has 7 heteroatoms. The van der Waals surface area contributed by atoms with Crippen molar-refractivity contribution < 1.29 is 9.53 Å². The molecule has 0 spiro atoms. The number of piperidine rings is 1. The first-order valence-electron chi connectivity index (χ1n) is 10.4. The molecule has 0 N–H and O–H groups in total. The minimum atomic E-state index is 0.0632. The number of amides is 1. The summed E-state index contributed by atoms with van der Waals surface area (Å²) >= 11 is 2.04. The molecule has 0 saturated carbocycles. The fraction of sp³-hybridized carbons (Fsp3) is 0.545. The molecule has 2 aliphatic heterocycles. The van der Waals surface area contributed by atoms with E-state index in [1.807, 2.05) is 42.8 Å². The Balaban J connectivity index is 1.30. The number of rotatable bonds is 5. The summed E-state index contributed by atoms with van der Waals surface area (Å²) in [4.78, 5) is 17.2. The topological polar surface area (TPSA) is 50.6 Å². The van der Waals surface area contributed by atoms with Crippen molar-refractivity contribution in [3.05, 3.63) is 47.3 Å². The maximum Gasteiger partial charge on any atom is 0.272 e. The zero-order chi connectivity index (χ0) is 20.2. The Bertz CT molecular complexity index is 839. The fourth-order valence-electron chi connectivity index (χ4n) is 4.08. The molecule has 6 nitrogen and oxygen atoms in total. The van der Waals surface area contributed by atoms with Gasteiger partial charge in [0.2, 0.25) is 0 Å². The van der Waals surface area contributed by atoms with Gasteiger partial charge in [-0.2, -0.15) is 16.9 Å². The molecule has 2 aromatic rings. The van der Waals surface area contributed by atoms with Gasteiger partial charge in [0, 0.05) is 64.1 Å². The van der Waals surface area contributed by atoms with Gasteiger partial charge in [-0.05, 0) is 30.7 Å². The summed E-state index contributed by atoms with van der Waals surface area (Å²) in [5.74, 6) is 3.46. The van der Waals surface area contributed by atoms with E-state index in [0.717, 1.165) is 43.9 Å². The third-order valence-corrected chi connectivity index (χ3v) is 6.60. The van der Waals surface area contributed by atoms with Crippen molar-refractivity contribution >= 4 is 17.7 Å². The van der Waals surface area contributed by atoms with Crippen molar-refractivity contribution in [3.63, 3.8) is 0 Å². The van der Waals surface area contributed by atoms with E-state index in [4.69, 9.17) is 4.74 Å². The quantitative estimate of drug-likeness (QED) is 0.753. The first-order valence-corrected chi connectivity index (χ1v) is 11.6.